The van der Waals surface area contributed by atoms with Gasteiger partial charge in [0.05, 0.1) is 19.3 Å². The molecule has 90 heavy (non-hydrogen) atoms. The van der Waals surface area contributed by atoms with Crippen LogP contribution in [0.3, 0.4) is 0 Å². The number of carboxylic acid groups (broad SMARTS) is 1. The maximum atomic E-state index is 14.3. The molecule has 0 aliphatic heterocycles. The van der Waals surface area contributed by atoms with Crippen molar-refractivity contribution in [3.05, 3.63) is 71.8 Å². The van der Waals surface area contributed by atoms with Gasteiger partial charge in [-0.2, -0.15) is 0 Å². The van der Waals surface area contributed by atoms with Crippen molar-refractivity contribution >= 4 is 71.0 Å². The summed E-state index contributed by atoms with van der Waals surface area (Å²) in [7, 11) is 0. The lowest BCUT2D eigenvalue weighted by molar-refractivity contribution is -0.142. The van der Waals surface area contributed by atoms with Crippen LogP contribution in [0, 0.1) is 35.5 Å². The second-order valence-corrected chi connectivity index (χ2v) is 24.4. The van der Waals surface area contributed by atoms with E-state index in [1.807, 2.05) is 0 Å². The highest BCUT2D eigenvalue weighted by Gasteiger charge is 2.38. The topological polar surface area (TPSA) is 459 Å². The molecule has 0 saturated carbocycles. The molecule has 19 N–H and O–H groups in total. The molecule has 0 fully saturated rings. The number of aliphatic hydroxyl groups excluding tert-OH is 2. The molecule has 0 heterocycles. The molecule has 10 amide bonds. The quantitative estimate of drug-likeness (QED) is 0.0205. The van der Waals surface area contributed by atoms with Crippen molar-refractivity contribution in [2.24, 2.45) is 57.7 Å². The zero-order chi connectivity index (χ0) is 68.1. The Hall–Kier alpha value is -8.24. The molecular formula is C62H100N14O14. The van der Waals surface area contributed by atoms with Crippen LogP contribution in [0.2, 0.25) is 0 Å². The SMILES string of the molecule is CC[C@H](C)[C@H](NC(=O)[C@H](CO)NC(=O)[C@@H](NC(=O)[C@H](CCCN=C(N)N)NC(=O)[C@@H](NC(=O)[C@H](CO)NC(=O)[C@H](Cc1ccccc1)NC(=O)[C@@H](N)C(C)C)C(C)C)C(C)C)C(=O)N[C@@H](CC(C)C)C(=O)N[C@H](C(=O)N[C@@H](Cc1ccccc1)C(=O)O)C(C)C. The van der Waals surface area contributed by atoms with E-state index < -0.39 is 168 Å². The molecule has 2 aromatic rings. The average molecular weight is 1270 g/mol. The first kappa shape index (κ1) is 77.9. The fraction of sp³-hybridized carbons (Fsp3) is 0.613. The minimum absolute atomic E-state index is 0.00382. The lowest BCUT2D eigenvalue weighted by atomic mass is 9.96. The molecule has 0 bridgehead atoms. The monoisotopic (exact) mass is 1260 g/mol. The van der Waals surface area contributed by atoms with Crippen LogP contribution in [0.5, 0.6) is 0 Å². The van der Waals surface area contributed by atoms with E-state index in [0.717, 1.165) is 0 Å². The lowest BCUT2D eigenvalue weighted by Gasteiger charge is -2.31. The van der Waals surface area contributed by atoms with Crippen LogP contribution in [0.4, 0.5) is 0 Å². The van der Waals surface area contributed by atoms with Crippen LogP contribution >= 0.6 is 0 Å². The molecule has 2 rings (SSSR count). The van der Waals surface area contributed by atoms with Gasteiger partial charge in [0, 0.05) is 19.4 Å². The van der Waals surface area contributed by atoms with E-state index in [0.29, 0.717) is 17.5 Å². The van der Waals surface area contributed by atoms with Crippen LogP contribution in [0.25, 0.3) is 0 Å². The molecule has 12 atom stereocenters. The zero-order valence-electron chi connectivity index (χ0n) is 54.0. The molecule has 0 saturated heterocycles. The fourth-order valence-electron chi connectivity index (χ4n) is 9.18. The Bertz CT molecular complexity index is 2710. The summed E-state index contributed by atoms with van der Waals surface area (Å²) < 4.78 is 0. The summed E-state index contributed by atoms with van der Waals surface area (Å²) in [5, 5.41) is 56.7. The maximum Gasteiger partial charge on any atom is 0.326 e. The van der Waals surface area contributed by atoms with Gasteiger partial charge >= 0.3 is 5.97 Å². The number of nitrogens with two attached hydrogens (primary N) is 3. The van der Waals surface area contributed by atoms with Gasteiger partial charge in [0.15, 0.2) is 5.96 Å². The summed E-state index contributed by atoms with van der Waals surface area (Å²) in [5.74, 6) is -13.0. The molecule has 0 aliphatic rings. The standard InChI is InChI=1S/C62H100N14O14/c1-13-37(12)50(60(88)69-41(27-32(2)3)53(81)74-48(35(8)9)58(86)70-43(61(89)90)29-39-23-18-15-19-24-39)76-55(83)45(31-78)72-59(87)49(36(10)11)73-51(79)40(25-20-26-66-62(64)65)67-57(85)47(34(6)7)75-54(82)44(30-77)71-52(80)42(28-38-21-16-14-17-22-38)68-56(84)46(63)33(4)5/h14-19,21-24,32-37,40-50,77-78H,13,20,25-31,63H2,1-12H3,(H,67,85)(H,68,84)(H,69,88)(H,70,86)(H,71,80)(H,72,87)(H,73,79)(H,74,81)(H,75,82)(H,76,83)(H,89,90)(H4,64,65,66)/t37-,40-,41-,42-,43-,44-,45-,46-,47-,48-,49-,50-/m0/s1. The van der Waals surface area contributed by atoms with Gasteiger partial charge in [-0.1, -0.05) is 150 Å². The number of benzene rings is 2. The van der Waals surface area contributed by atoms with Gasteiger partial charge in [-0.3, -0.25) is 52.9 Å². The maximum absolute atomic E-state index is 14.3. The van der Waals surface area contributed by atoms with E-state index in [2.05, 4.69) is 58.2 Å². The number of hydrogen-bond donors (Lipinski definition) is 16. The number of carbonyl (C=O) groups excluding carboxylic acids is 10. The summed E-state index contributed by atoms with van der Waals surface area (Å²) in [5.41, 5.74) is 18.4. The molecule has 0 radical (unpaired) electrons. The first-order valence-corrected chi connectivity index (χ1v) is 30.6. The van der Waals surface area contributed by atoms with E-state index in [1.54, 1.807) is 144 Å². The highest BCUT2D eigenvalue weighted by atomic mass is 16.4. The number of rotatable bonds is 39. The van der Waals surface area contributed by atoms with Crippen molar-refractivity contribution in [3.8, 4) is 0 Å². The first-order valence-electron chi connectivity index (χ1n) is 30.6. The van der Waals surface area contributed by atoms with Crippen molar-refractivity contribution in [3.63, 3.8) is 0 Å². The van der Waals surface area contributed by atoms with Crippen molar-refractivity contribution < 1.29 is 68.1 Å². The second-order valence-electron chi connectivity index (χ2n) is 24.4. The number of carboxylic acids is 1. The summed E-state index contributed by atoms with van der Waals surface area (Å²) in [6.45, 7) is 18.2. The Morgan fingerprint density at radius 2 is 0.778 bits per heavy atom. The molecule has 28 nitrogen and oxygen atoms in total. The molecule has 2 aromatic carbocycles. The van der Waals surface area contributed by atoms with Crippen molar-refractivity contribution in [1.29, 1.82) is 0 Å². The summed E-state index contributed by atoms with van der Waals surface area (Å²) in [4.78, 5) is 155. The van der Waals surface area contributed by atoms with E-state index in [-0.39, 0.29) is 56.4 Å². The highest BCUT2D eigenvalue weighted by Crippen LogP contribution is 2.15. The fourth-order valence-corrected chi connectivity index (χ4v) is 9.18. The lowest BCUT2D eigenvalue weighted by Crippen LogP contribution is -2.63. The predicted molar refractivity (Wildman–Crippen MR) is 338 cm³/mol. The molecule has 0 aliphatic carbocycles. The summed E-state index contributed by atoms with van der Waals surface area (Å²) in [6, 6.07) is 2.43. The number of aliphatic carboxylic acids is 1. The van der Waals surface area contributed by atoms with E-state index >= 15 is 0 Å². The number of amides is 10. The smallest absolute Gasteiger partial charge is 0.326 e. The Kier molecular flexibility index (Phi) is 33.7. The van der Waals surface area contributed by atoms with Gasteiger partial charge in [0.25, 0.3) is 0 Å². The van der Waals surface area contributed by atoms with Gasteiger partial charge < -0.3 is 85.7 Å². The third-order valence-corrected chi connectivity index (χ3v) is 14.9. The Morgan fingerprint density at radius 3 is 1.17 bits per heavy atom. The normalized spacial score (nSPS) is 15.4. The number of hydrogen-bond acceptors (Lipinski definition) is 15. The third kappa shape index (κ3) is 26.5. The van der Waals surface area contributed by atoms with E-state index in [1.165, 1.54) is 0 Å². The second kappa shape index (κ2) is 39.0. The molecular weight excluding hydrogens is 1160 g/mol. The molecule has 0 aromatic heterocycles. The van der Waals surface area contributed by atoms with E-state index in [9.17, 15) is 68.1 Å². The van der Waals surface area contributed by atoms with Crippen LogP contribution in [-0.4, -0.2) is 173 Å². The minimum Gasteiger partial charge on any atom is -0.480 e. The Labute approximate surface area is 527 Å². The first-order chi connectivity index (χ1) is 42.3. The highest BCUT2D eigenvalue weighted by molar-refractivity contribution is 5.99. The Balaban J connectivity index is 2.35. The van der Waals surface area contributed by atoms with Crippen molar-refractivity contribution in [2.45, 2.75) is 188 Å². The van der Waals surface area contributed by atoms with Crippen LogP contribution in [-0.2, 0) is 65.6 Å². The summed E-state index contributed by atoms with van der Waals surface area (Å²) >= 11 is 0. The number of aliphatic imine (C=N–C) groups is 1. The van der Waals surface area contributed by atoms with Crippen molar-refractivity contribution in [1.82, 2.24) is 53.2 Å². The van der Waals surface area contributed by atoms with Crippen LogP contribution in [0.15, 0.2) is 65.7 Å². The largest absolute Gasteiger partial charge is 0.480 e. The van der Waals surface area contributed by atoms with E-state index in [4.69, 9.17) is 17.2 Å². The van der Waals surface area contributed by atoms with Gasteiger partial charge in [-0.05, 0) is 65.9 Å². The third-order valence-electron chi connectivity index (χ3n) is 14.9. The van der Waals surface area contributed by atoms with Crippen LogP contribution < -0.4 is 70.4 Å². The molecule has 502 valence electrons. The number of nitrogens with one attached hydrogen (secondary N) is 10. The minimum atomic E-state index is -1.71. The average Bonchev–Trinajstić information content (AvgIpc) is 1.34. The molecule has 0 spiro atoms. The van der Waals surface area contributed by atoms with Gasteiger partial charge in [-0.25, -0.2) is 4.79 Å². The molecule has 0 unspecified atom stereocenters. The summed E-state index contributed by atoms with van der Waals surface area (Å²) in [6.07, 6.45) is 0.349. The number of nitrogens with zero attached hydrogens (tertiary/aromatic N) is 1. The van der Waals surface area contributed by atoms with Crippen LogP contribution in [0.1, 0.15) is 120 Å². The van der Waals surface area contributed by atoms with Gasteiger partial charge in [0.2, 0.25) is 59.1 Å². The van der Waals surface area contributed by atoms with Gasteiger partial charge in [0.1, 0.15) is 60.4 Å². The Morgan fingerprint density at radius 1 is 0.433 bits per heavy atom. The number of guanidine groups is 1. The predicted octanol–water partition coefficient (Wildman–Crippen LogP) is -1.51. The number of aliphatic hydroxyl groups is 2. The zero-order valence-corrected chi connectivity index (χ0v) is 54.0. The van der Waals surface area contributed by atoms with Gasteiger partial charge in [-0.15, -0.1) is 0 Å². The van der Waals surface area contributed by atoms with Crippen molar-refractivity contribution in [2.75, 3.05) is 19.8 Å². The number of carbonyl (C=O) groups is 11. The molecule has 28 heteroatoms.